The van der Waals surface area contributed by atoms with E-state index in [4.69, 9.17) is 10.5 Å². The van der Waals surface area contributed by atoms with Crippen molar-refractivity contribution in [3.63, 3.8) is 0 Å². The van der Waals surface area contributed by atoms with Crippen molar-refractivity contribution in [2.24, 2.45) is 5.73 Å². The minimum atomic E-state index is 0.409. The first-order valence-electron chi connectivity index (χ1n) is 3.83. The van der Waals surface area contributed by atoms with E-state index >= 15 is 0 Å². The standard InChI is InChI=1S/C9H11NO/c10-5-7-6-11-9-4-2-1-3-8(7)9/h1-4,7H,5-6,10H2/t7-/m1/s1. The van der Waals surface area contributed by atoms with Crippen LogP contribution in [0.4, 0.5) is 0 Å². The number of benzene rings is 1. The van der Waals surface area contributed by atoms with Gasteiger partial charge in [0.2, 0.25) is 0 Å². The lowest BCUT2D eigenvalue weighted by Crippen LogP contribution is -2.13. The van der Waals surface area contributed by atoms with Crippen LogP contribution in [0.15, 0.2) is 24.3 Å². The Labute approximate surface area is 66.0 Å². The molecule has 0 fully saturated rings. The Morgan fingerprint density at radius 3 is 3.09 bits per heavy atom. The summed E-state index contributed by atoms with van der Waals surface area (Å²) in [5.74, 6) is 1.41. The number of fused-ring (bicyclic) bond motifs is 1. The average molecular weight is 149 g/mol. The van der Waals surface area contributed by atoms with Crippen LogP contribution in [0.3, 0.4) is 0 Å². The third kappa shape index (κ3) is 0.994. The third-order valence-electron chi connectivity index (χ3n) is 2.08. The molecule has 1 aliphatic heterocycles. The van der Waals surface area contributed by atoms with Gasteiger partial charge >= 0.3 is 0 Å². The van der Waals surface area contributed by atoms with Crippen molar-refractivity contribution in [1.29, 1.82) is 0 Å². The fourth-order valence-electron chi connectivity index (χ4n) is 1.42. The maximum atomic E-state index is 5.57. The lowest BCUT2D eigenvalue weighted by Gasteiger charge is -2.02. The Balaban J connectivity index is 2.39. The molecule has 1 aromatic carbocycles. The van der Waals surface area contributed by atoms with Gasteiger partial charge in [0, 0.05) is 18.0 Å². The summed E-state index contributed by atoms with van der Waals surface area (Å²) in [6.45, 7) is 1.42. The molecule has 0 amide bonds. The minimum Gasteiger partial charge on any atom is -0.493 e. The first-order valence-corrected chi connectivity index (χ1v) is 3.83. The molecule has 58 valence electrons. The van der Waals surface area contributed by atoms with Gasteiger partial charge in [-0.15, -0.1) is 0 Å². The molecule has 2 rings (SSSR count). The van der Waals surface area contributed by atoms with Crippen LogP contribution in [0.1, 0.15) is 11.5 Å². The topological polar surface area (TPSA) is 35.2 Å². The maximum Gasteiger partial charge on any atom is 0.122 e. The molecule has 0 spiro atoms. The van der Waals surface area contributed by atoms with Crippen LogP contribution in [0.25, 0.3) is 0 Å². The fraction of sp³-hybridized carbons (Fsp3) is 0.333. The van der Waals surface area contributed by atoms with Crippen molar-refractivity contribution in [3.8, 4) is 5.75 Å². The van der Waals surface area contributed by atoms with Gasteiger partial charge in [0.15, 0.2) is 0 Å². The molecule has 1 aromatic rings. The number of rotatable bonds is 1. The Morgan fingerprint density at radius 2 is 2.27 bits per heavy atom. The number of hydrogen-bond donors (Lipinski definition) is 1. The van der Waals surface area contributed by atoms with Crippen LogP contribution >= 0.6 is 0 Å². The van der Waals surface area contributed by atoms with Gasteiger partial charge in [-0.3, -0.25) is 0 Å². The quantitative estimate of drug-likeness (QED) is 0.649. The monoisotopic (exact) mass is 149 g/mol. The zero-order chi connectivity index (χ0) is 7.68. The maximum absolute atomic E-state index is 5.57. The highest BCUT2D eigenvalue weighted by molar-refractivity contribution is 5.39. The Kier molecular flexibility index (Phi) is 1.55. The van der Waals surface area contributed by atoms with Crippen molar-refractivity contribution in [2.75, 3.05) is 13.2 Å². The summed E-state index contributed by atoms with van der Waals surface area (Å²) in [7, 11) is 0. The summed E-state index contributed by atoms with van der Waals surface area (Å²) in [6.07, 6.45) is 0. The van der Waals surface area contributed by atoms with Crippen molar-refractivity contribution < 1.29 is 4.74 Å². The van der Waals surface area contributed by atoms with E-state index in [1.165, 1.54) is 5.56 Å². The van der Waals surface area contributed by atoms with E-state index < -0.39 is 0 Å². The van der Waals surface area contributed by atoms with Gasteiger partial charge in [-0.2, -0.15) is 0 Å². The Bertz CT molecular complexity index is 259. The summed E-state index contributed by atoms with van der Waals surface area (Å²) in [6, 6.07) is 8.08. The van der Waals surface area contributed by atoms with E-state index in [0.717, 1.165) is 12.4 Å². The zero-order valence-corrected chi connectivity index (χ0v) is 6.29. The van der Waals surface area contributed by atoms with Gasteiger partial charge in [0.1, 0.15) is 5.75 Å². The second kappa shape index (κ2) is 2.55. The van der Waals surface area contributed by atoms with Crippen molar-refractivity contribution in [3.05, 3.63) is 29.8 Å². The van der Waals surface area contributed by atoms with Crippen LogP contribution in [-0.2, 0) is 0 Å². The molecular weight excluding hydrogens is 138 g/mol. The van der Waals surface area contributed by atoms with E-state index in [1.807, 2.05) is 18.2 Å². The molecule has 11 heavy (non-hydrogen) atoms. The van der Waals surface area contributed by atoms with Crippen molar-refractivity contribution in [2.45, 2.75) is 5.92 Å². The van der Waals surface area contributed by atoms with Gasteiger partial charge in [0.25, 0.3) is 0 Å². The summed E-state index contributed by atoms with van der Waals surface area (Å²) in [5.41, 5.74) is 6.83. The Hall–Kier alpha value is -1.02. The zero-order valence-electron chi connectivity index (χ0n) is 6.29. The highest BCUT2D eigenvalue weighted by Crippen LogP contribution is 2.32. The molecule has 0 aliphatic carbocycles. The van der Waals surface area contributed by atoms with Crippen LogP contribution in [0.2, 0.25) is 0 Å². The average Bonchev–Trinajstić information content (AvgIpc) is 2.47. The number of nitrogens with two attached hydrogens (primary N) is 1. The summed E-state index contributed by atoms with van der Waals surface area (Å²) < 4.78 is 5.42. The first kappa shape index (κ1) is 6.68. The molecule has 0 saturated carbocycles. The van der Waals surface area contributed by atoms with Gasteiger partial charge < -0.3 is 10.5 Å². The van der Waals surface area contributed by atoms with Crippen molar-refractivity contribution in [1.82, 2.24) is 0 Å². The largest absolute Gasteiger partial charge is 0.493 e. The number of hydrogen-bond acceptors (Lipinski definition) is 2. The molecule has 0 bridgehead atoms. The second-order valence-corrected chi connectivity index (χ2v) is 2.78. The first-order chi connectivity index (χ1) is 5.42. The molecule has 1 atom stereocenters. The van der Waals surface area contributed by atoms with Crippen LogP contribution in [0, 0.1) is 0 Å². The highest BCUT2D eigenvalue weighted by Gasteiger charge is 2.21. The molecule has 0 saturated heterocycles. The molecule has 1 heterocycles. The predicted molar refractivity (Wildman–Crippen MR) is 43.7 cm³/mol. The van der Waals surface area contributed by atoms with Gasteiger partial charge in [-0.1, -0.05) is 18.2 Å². The lowest BCUT2D eigenvalue weighted by molar-refractivity contribution is 0.333. The number of ether oxygens (including phenoxy) is 1. The van der Waals surface area contributed by atoms with Gasteiger partial charge in [0.05, 0.1) is 6.61 Å². The SMILES string of the molecule is NC[C@@H]1COc2ccccc21. The Morgan fingerprint density at radius 1 is 1.45 bits per heavy atom. The molecule has 2 heteroatoms. The third-order valence-corrected chi connectivity index (χ3v) is 2.08. The van der Waals surface area contributed by atoms with E-state index in [0.29, 0.717) is 12.5 Å². The van der Waals surface area contributed by atoms with Crippen LogP contribution in [0.5, 0.6) is 5.75 Å². The van der Waals surface area contributed by atoms with E-state index in [-0.39, 0.29) is 0 Å². The molecule has 2 N–H and O–H groups in total. The van der Waals surface area contributed by atoms with E-state index in [2.05, 4.69) is 6.07 Å². The van der Waals surface area contributed by atoms with Crippen LogP contribution in [-0.4, -0.2) is 13.2 Å². The van der Waals surface area contributed by atoms with Gasteiger partial charge in [-0.25, -0.2) is 0 Å². The second-order valence-electron chi connectivity index (χ2n) is 2.78. The molecule has 0 radical (unpaired) electrons. The smallest absolute Gasteiger partial charge is 0.122 e. The molecule has 2 nitrogen and oxygen atoms in total. The van der Waals surface area contributed by atoms with E-state index in [1.54, 1.807) is 0 Å². The molecule has 1 aliphatic rings. The number of para-hydroxylation sites is 1. The normalized spacial score (nSPS) is 21.0. The molecular formula is C9H11NO. The lowest BCUT2D eigenvalue weighted by atomic mass is 10.0. The predicted octanol–water partition coefficient (Wildman–Crippen LogP) is 1.12. The van der Waals surface area contributed by atoms with Crippen molar-refractivity contribution >= 4 is 0 Å². The molecule has 0 aromatic heterocycles. The summed E-state index contributed by atoms with van der Waals surface area (Å²) in [5, 5.41) is 0. The van der Waals surface area contributed by atoms with Crippen LogP contribution < -0.4 is 10.5 Å². The van der Waals surface area contributed by atoms with Gasteiger partial charge in [-0.05, 0) is 6.07 Å². The summed E-state index contributed by atoms with van der Waals surface area (Å²) in [4.78, 5) is 0. The minimum absolute atomic E-state index is 0.409. The highest BCUT2D eigenvalue weighted by atomic mass is 16.5. The van der Waals surface area contributed by atoms with E-state index in [9.17, 15) is 0 Å². The summed E-state index contributed by atoms with van der Waals surface area (Å²) >= 11 is 0. The fourth-order valence-corrected chi connectivity index (χ4v) is 1.42. The molecule has 0 unspecified atom stereocenters.